The highest BCUT2D eigenvalue weighted by atomic mass is 35.5. The summed E-state index contributed by atoms with van der Waals surface area (Å²) in [5.41, 5.74) is 1.17. The van der Waals surface area contributed by atoms with Crippen LogP contribution in [0.4, 0.5) is 0 Å². The number of halogens is 1. The number of nitrogens with zero attached hydrogens (tertiary/aromatic N) is 2. The van der Waals surface area contributed by atoms with Gasteiger partial charge in [-0.05, 0) is 25.1 Å². The second kappa shape index (κ2) is 4.17. The van der Waals surface area contributed by atoms with Gasteiger partial charge in [-0.1, -0.05) is 17.7 Å². The Bertz CT molecular complexity index is 669. The van der Waals surface area contributed by atoms with Gasteiger partial charge in [-0.3, -0.25) is 0 Å². The van der Waals surface area contributed by atoms with E-state index in [0.717, 1.165) is 22.0 Å². The monoisotopic (exact) mass is 262 g/mol. The van der Waals surface area contributed by atoms with Gasteiger partial charge in [0.25, 0.3) is 0 Å². The van der Waals surface area contributed by atoms with Gasteiger partial charge >= 0.3 is 0 Å². The van der Waals surface area contributed by atoms with Crippen LogP contribution in [0.5, 0.6) is 0 Å². The molecule has 0 fully saturated rings. The highest BCUT2D eigenvalue weighted by Crippen LogP contribution is 2.25. The van der Waals surface area contributed by atoms with Crippen molar-refractivity contribution in [2.24, 2.45) is 0 Å². The molecule has 0 atom stereocenters. The number of hydrogen-bond donors (Lipinski definition) is 0. The van der Waals surface area contributed by atoms with E-state index in [2.05, 4.69) is 27.9 Å². The molecule has 0 aliphatic heterocycles. The molecule has 1 aromatic carbocycles. The maximum absolute atomic E-state index is 6.15. The summed E-state index contributed by atoms with van der Waals surface area (Å²) >= 11 is 7.89. The van der Waals surface area contributed by atoms with Gasteiger partial charge < -0.3 is 4.57 Å². The van der Waals surface area contributed by atoms with Gasteiger partial charge in [0.05, 0.1) is 11.6 Å². The molecule has 0 bridgehead atoms. The Morgan fingerprint density at radius 1 is 1.35 bits per heavy atom. The third-order valence-electron chi connectivity index (χ3n) is 2.76. The van der Waals surface area contributed by atoms with Gasteiger partial charge in [-0.2, -0.15) is 0 Å². The molecule has 0 unspecified atom stereocenters. The highest BCUT2D eigenvalue weighted by molar-refractivity contribution is 7.11. The standard InChI is InChI=1S/C13H11ClN2S/c1-9-15-7-10(17-9)8-16-6-5-11-12(14)3-2-4-13(11)16/h2-7H,8H2,1H3. The summed E-state index contributed by atoms with van der Waals surface area (Å²) in [7, 11) is 0. The molecular formula is C13H11ClN2S. The third kappa shape index (κ3) is 1.96. The number of fused-ring (bicyclic) bond motifs is 1. The Hall–Kier alpha value is -1.32. The smallest absolute Gasteiger partial charge is 0.0897 e. The second-order valence-corrected chi connectivity index (χ2v) is 5.69. The van der Waals surface area contributed by atoms with E-state index in [0.29, 0.717) is 0 Å². The molecule has 86 valence electrons. The lowest BCUT2D eigenvalue weighted by atomic mass is 10.2. The zero-order valence-electron chi connectivity index (χ0n) is 9.35. The Balaban J connectivity index is 2.04. The Morgan fingerprint density at radius 2 is 2.24 bits per heavy atom. The fraction of sp³-hybridized carbons (Fsp3) is 0.154. The fourth-order valence-electron chi connectivity index (χ4n) is 1.97. The van der Waals surface area contributed by atoms with Gasteiger partial charge in [-0.15, -0.1) is 11.3 Å². The Kier molecular flexibility index (Phi) is 2.65. The number of thiazole rings is 1. The Morgan fingerprint density at radius 3 is 3.00 bits per heavy atom. The lowest BCUT2D eigenvalue weighted by molar-refractivity contribution is 0.849. The van der Waals surface area contributed by atoms with Crippen molar-refractivity contribution in [2.75, 3.05) is 0 Å². The molecular weight excluding hydrogens is 252 g/mol. The van der Waals surface area contributed by atoms with Crippen LogP contribution in [0.2, 0.25) is 5.02 Å². The van der Waals surface area contributed by atoms with Crippen molar-refractivity contribution in [1.29, 1.82) is 0 Å². The van der Waals surface area contributed by atoms with Gasteiger partial charge in [0.15, 0.2) is 0 Å². The fourth-order valence-corrected chi connectivity index (χ4v) is 3.00. The van der Waals surface area contributed by atoms with Gasteiger partial charge in [0.2, 0.25) is 0 Å². The second-order valence-electron chi connectivity index (χ2n) is 3.96. The number of aryl methyl sites for hydroxylation is 1. The van der Waals surface area contributed by atoms with Crippen LogP contribution in [-0.4, -0.2) is 9.55 Å². The molecule has 2 nitrogen and oxygen atoms in total. The van der Waals surface area contributed by atoms with Crippen molar-refractivity contribution < 1.29 is 0 Å². The lowest BCUT2D eigenvalue weighted by Crippen LogP contribution is -1.95. The molecule has 0 saturated carbocycles. The summed E-state index contributed by atoms with van der Waals surface area (Å²) in [6.45, 7) is 2.88. The van der Waals surface area contributed by atoms with Gasteiger partial charge in [0.1, 0.15) is 0 Å². The lowest BCUT2D eigenvalue weighted by Gasteiger charge is -2.03. The summed E-state index contributed by atoms with van der Waals surface area (Å²) in [6.07, 6.45) is 4.02. The first-order valence-electron chi connectivity index (χ1n) is 5.39. The minimum Gasteiger partial charge on any atom is -0.342 e. The number of aromatic nitrogens is 2. The van der Waals surface area contributed by atoms with E-state index >= 15 is 0 Å². The molecule has 0 spiro atoms. The van der Waals surface area contributed by atoms with Gasteiger partial charge in [-0.25, -0.2) is 4.98 Å². The van der Waals surface area contributed by atoms with Crippen LogP contribution in [0.15, 0.2) is 36.7 Å². The first kappa shape index (κ1) is 10.8. The normalized spacial score (nSPS) is 11.2. The van der Waals surface area contributed by atoms with Crippen LogP contribution in [0.1, 0.15) is 9.88 Å². The molecule has 0 aliphatic rings. The third-order valence-corrected chi connectivity index (χ3v) is 3.98. The highest BCUT2D eigenvalue weighted by Gasteiger charge is 2.05. The van der Waals surface area contributed by atoms with E-state index in [1.807, 2.05) is 25.3 Å². The zero-order valence-corrected chi connectivity index (χ0v) is 10.9. The maximum Gasteiger partial charge on any atom is 0.0897 e. The molecule has 0 radical (unpaired) electrons. The van der Waals surface area contributed by atoms with Crippen LogP contribution in [0.25, 0.3) is 10.9 Å². The maximum atomic E-state index is 6.15. The summed E-state index contributed by atoms with van der Waals surface area (Å²) in [5, 5.41) is 3.02. The molecule has 2 aromatic heterocycles. The van der Waals surface area contributed by atoms with Crippen molar-refractivity contribution >= 4 is 33.8 Å². The van der Waals surface area contributed by atoms with E-state index in [9.17, 15) is 0 Å². The zero-order chi connectivity index (χ0) is 11.8. The van der Waals surface area contributed by atoms with E-state index in [1.165, 1.54) is 10.4 Å². The first-order chi connectivity index (χ1) is 8.24. The van der Waals surface area contributed by atoms with Crippen molar-refractivity contribution in [2.45, 2.75) is 13.5 Å². The first-order valence-corrected chi connectivity index (χ1v) is 6.58. The molecule has 17 heavy (non-hydrogen) atoms. The molecule has 2 heterocycles. The largest absolute Gasteiger partial charge is 0.342 e. The molecule has 3 aromatic rings. The summed E-state index contributed by atoms with van der Waals surface area (Å²) in [5.74, 6) is 0. The minimum atomic E-state index is 0.807. The van der Waals surface area contributed by atoms with Crippen LogP contribution in [-0.2, 0) is 6.54 Å². The predicted molar refractivity (Wildman–Crippen MR) is 72.9 cm³/mol. The SMILES string of the molecule is Cc1ncc(Cn2ccc3c(Cl)cccc32)s1. The van der Waals surface area contributed by atoms with E-state index in [-0.39, 0.29) is 0 Å². The number of benzene rings is 1. The summed E-state index contributed by atoms with van der Waals surface area (Å²) in [4.78, 5) is 5.54. The van der Waals surface area contributed by atoms with E-state index in [4.69, 9.17) is 11.6 Å². The topological polar surface area (TPSA) is 17.8 Å². The van der Waals surface area contributed by atoms with Crippen molar-refractivity contribution in [1.82, 2.24) is 9.55 Å². The van der Waals surface area contributed by atoms with E-state index in [1.54, 1.807) is 11.3 Å². The summed E-state index contributed by atoms with van der Waals surface area (Å²) < 4.78 is 2.20. The van der Waals surface area contributed by atoms with Crippen LogP contribution in [0.3, 0.4) is 0 Å². The van der Waals surface area contributed by atoms with Crippen LogP contribution >= 0.6 is 22.9 Å². The average molecular weight is 263 g/mol. The van der Waals surface area contributed by atoms with E-state index < -0.39 is 0 Å². The molecule has 0 N–H and O–H groups in total. The molecule has 0 amide bonds. The number of rotatable bonds is 2. The quantitative estimate of drug-likeness (QED) is 0.680. The predicted octanol–water partition coefficient (Wildman–Crippen LogP) is 4.11. The average Bonchev–Trinajstić information content (AvgIpc) is 2.88. The molecule has 3 rings (SSSR count). The molecule has 4 heteroatoms. The Labute approximate surface area is 108 Å². The molecule has 0 saturated heterocycles. The van der Waals surface area contributed by atoms with Crippen molar-refractivity contribution in [3.05, 3.63) is 51.6 Å². The summed E-state index contributed by atoms with van der Waals surface area (Å²) in [6, 6.07) is 8.06. The minimum absolute atomic E-state index is 0.807. The van der Waals surface area contributed by atoms with Crippen LogP contribution < -0.4 is 0 Å². The van der Waals surface area contributed by atoms with Crippen molar-refractivity contribution in [3.63, 3.8) is 0 Å². The van der Waals surface area contributed by atoms with Gasteiger partial charge in [0, 0.05) is 33.2 Å². The van der Waals surface area contributed by atoms with Crippen LogP contribution in [0, 0.1) is 6.92 Å². The number of hydrogen-bond acceptors (Lipinski definition) is 2. The van der Waals surface area contributed by atoms with Crippen molar-refractivity contribution in [3.8, 4) is 0 Å². The molecule has 0 aliphatic carbocycles.